The van der Waals surface area contributed by atoms with Crippen LogP contribution in [0, 0.1) is 13.8 Å². The van der Waals surface area contributed by atoms with Crippen molar-refractivity contribution in [2.24, 2.45) is 4.99 Å². The lowest BCUT2D eigenvalue weighted by Gasteiger charge is -2.36. The van der Waals surface area contributed by atoms with Crippen molar-refractivity contribution < 1.29 is 4.74 Å². The first-order valence-electron chi connectivity index (χ1n) is 10.8. The third-order valence-electron chi connectivity index (χ3n) is 5.22. The number of aromatic nitrogens is 1. The number of ether oxygens (including phenoxy) is 1. The molecule has 170 valence electrons. The molecular formula is C24H36IN5O. The van der Waals surface area contributed by atoms with Crippen LogP contribution in [0.2, 0.25) is 0 Å². The molecule has 1 aliphatic rings. The molecule has 31 heavy (non-hydrogen) atoms. The molecular weight excluding hydrogens is 501 g/mol. The van der Waals surface area contributed by atoms with Crippen molar-refractivity contribution in [2.75, 3.05) is 31.6 Å². The van der Waals surface area contributed by atoms with Gasteiger partial charge in [0.2, 0.25) is 0 Å². The Morgan fingerprint density at radius 2 is 1.74 bits per heavy atom. The average molecular weight is 537 g/mol. The molecule has 7 heteroatoms. The Bertz CT molecular complexity index is 825. The summed E-state index contributed by atoms with van der Waals surface area (Å²) in [5, 5.41) is 6.77. The summed E-state index contributed by atoms with van der Waals surface area (Å²) in [5.41, 5.74) is 5.10. The summed E-state index contributed by atoms with van der Waals surface area (Å²) in [4.78, 5) is 11.3. The molecule has 0 spiro atoms. The van der Waals surface area contributed by atoms with E-state index in [0.29, 0.717) is 6.54 Å². The maximum atomic E-state index is 5.81. The number of aliphatic imine (C=N–C) groups is 1. The highest BCUT2D eigenvalue weighted by molar-refractivity contribution is 14.0. The van der Waals surface area contributed by atoms with Gasteiger partial charge in [0.15, 0.2) is 5.96 Å². The van der Waals surface area contributed by atoms with Crippen molar-refractivity contribution in [1.82, 2.24) is 15.6 Å². The van der Waals surface area contributed by atoms with Gasteiger partial charge in [-0.2, -0.15) is 0 Å². The van der Waals surface area contributed by atoms with Crippen molar-refractivity contribution in [3.63, 3.8) is 0 Å². The van der Waals surface area contributed by atoms with Crippen molar-refractivity contribution >= 4 is 35.8 Å². The minimum Gasteiger partial charge on any atom is -0.372 e. The Labute approximate surface area is 203 Å². The molecule has 6 nitrogen and oxygen atoms in total. The van der Waals surface area contributed by atoms with Crippen LogP contribution in [-0.2, 0) is 17.7 Å². The summed E-state index contributed by atoms with van der Waals surface area (Å²) in [7, 11) is 1.80. The molecule has 0 aliphatic carbocycles. The molecule has 0 radical (unpaired) electrons. The van der Waals surface area contributed by atoms with Gasteiger partial charge in [0.05, 0.1) is 12.2 Å². The van der Waals surface area contributed by atoms with E-state index in [1.807, 2.05) is 6.20 Å². The van der Waals surface area contributed by atoms with Crippen LogP contribution in [0.15, 0.2) is 41.5 Å². The molecule has 1 aliphatic heterocycles. The quantitative estimate of drug-likeness (QED) is 0.333. The molecule has 2 atom stereocenters. The fourth-order valence-electron chi connectivity index (χ4n) is 4.02. The Morgan fingerprint density at radius 3 is 2.32 bits per heavy atom. The topological polar surface area (TPSA) is 61.8 Å². The van der Waals surface area contributed by atoms with Crippen LogP contribution in [0.3, 0.4) is 0 Å². The fourth-order valence-corrected chi connectivity index (χ4v) is 4.02. The normalized spacial score (nSPS) is 19.0. The van der Waals surface area contributed by atoms with Gasteiger partial charge < -0.3 is 20.3 Å². The second-order valence-electron chi connectivity index (χ2n) is 8.29. The van der Waals surface area contributed by atoms with E-state index in [1.54, 1.807) is 7.05 Å². The molecule has 1 aromatic carbocycles. The maximum absolute atomic E-state index is 5.81. The van der Waals surface area contributed by atoms with E-state index < -0.39 is 0 Å². The highest BCUT2D eigenvalue weighted by Crippen LogP contribution is 2.18. The van der Waals surface area contributed by atoms with Crippen molar-refractivity contribution in [2.45, 2.75) is 52.9 Å². The summed E-state index contributed by atoms with van der Waals surface area (Å²) < 4.78 is 5.81. The molecule has 1 saturated heterocycles. The Hall–Kier alpha value is -1.87. The standard InChI is InChI=1S/C24H35N5O.HI/c1-17-10-18(2)12-21(11-17)8-9-26-24(25-5)28-14-22-6-7-23(27-13-22)29-15-19(3)30-20(4)16-29;/h6-7,10-13,19-20H,8-9,14-16H2,1-5H3,(H2,25,26,28);1H. The third kappa shape index (κ3) is 7.96. The van der Waals surface area contributed by atoms with Crippen LogP contribution in [0.4, 0.5) is 5.82 Å². The van der Waals surface area contributed by atoms with Crippen LogP contribution in [-0.4, -0.2) is 49.8 Å². The summed E-state index contributed by atoms with van der Waals surface area (Å²) in [6.07, 6.45) is 3.37. The number of pyridine rings is 1. The van der Waals surface area contributed by atoms with Crippen molar-refractivity contribution in [1.29, 1.82) is 0 Å². The number of anilines is 1. The Kier molecular flexibility index (Phi) is 10.0. The highest BCUT2D eigenvalue weighted by Gasteiger charge is 2.22. The smallest absolute Gasteiger partial charge is 0.191 e. The number of aryl methyl sites for hydroxylation is 2. The zero-order valence-corrected chi connectivity index (χ0v) is 21.6. The average Bonchev–Trinajstić information content (AvgIpc) is 2.69. The van der Waals surface area contributed by atoms with Gasteiger partial charge in [-0.15, -0.1) is 24.0 Å². The SMILES string of the molecule is CN=C(NCCc1cc(C)cc(C)c1)NCc1ccc(N2CC(C)OC(C)C2)nc1.I. The molecule has 1 fully saturated rings. The molecule has 2 unspecified atom stereocenters. The number of guanidine groups is 1. The predicted octanol–water partition coefficient (Wildman–Crippen LogP) is 3.84. The second kappa shape index (κ2) is 12.2. The first-order valence-corrected chi connectivity index (χ1v) is 10.8. The first-order chi connectivity index (χ1) is 14.4. The van der Waals surface area contributed by atoms with Gasteiger partial charge in [0.1, 0.15) is 5.82 Å². The summed E-state index contributed by atoms with van der Waals surface area (Å²) in [6, 6.07) is 10.9. The lowest BCUT2D eigenvalue weighted by atomic mass is 10.1. The third-order valence-corrected chi connectivity index (χ3v) is 5.22. The van der Waals surface area contributed by atoms with Gasteiger partial charge in [-0.3, -0.25) is 4.99 Å². The molecule has 2 N–H and O–H groups in total. The number of hydrogen-bond acceptors (Lipinski definition) is 4. The van der Waals surface area contributed by atoms with Gasteiger partial charge in [-0.25, -0.2) is 4.98 Å². The van der Waals surface area contributed by atoms with Crippen molar-refractivity contribution in [3.8, 4) is 0 Å². The number of morpholine rings is 1. The molecule has 1 aromatic heterocycles. The second-order valence-corrected chi connectivity index (χ2v) is 8.29. The minimum atomic E-state index is 0. The van der Waals surface area contributed by atoms with E-state index in [9.17, 15) is 0 Å². The Balaban J connectivity index is 0.00000341. The number of hydrogen-bond donors (Lipinski definition) is 2. The Morgan fingerprint density at radius 1 is 1.06 bits per heavy atom. The van der Waals surface area contributed by atoms with Gasteiger partial charge in [0.25, 0.3) is 0 Å². The van der Waals surface area contributed by atoms with Gasteiger partial charge >= 0.3 is 0 Å². The highest BCUT2D eigenvalue weighted by atomic mass is 127. The van der Waals surface area contributed by atoms with Crippen LogP contribution < -0.4 is 15.5 Å². The largest absolute Gasteiger partial charge is 0.372 e. The van der Waals surface area contributed by atoms with E-state index >= 15 is 0 Å². The van der Waals surface area contributed by atoms with Crippen LogP contribution in [0.25, 0.3) is 0 Å². The maximum Gasteiger partial charge on any atom is 0.191 e. The first kappa shape index (κ1) is 25.4. The minimum absolute atomic E-state index is 0. The van der Waals surface area contributed by atoms with E-state index in [4.69, 9.17) is 4.74 Å². The number of nitrogens with one attached hydrogen (secondary N) is 2. The molecule has 0 bridgehead atoms. The van der Waals surface area contributed by atoms with E-state index in [0.717, 1.165) is 43.4 Å². The van der Waals surface area contributed by atoms with E-state index in [1.165, 1.54) is 16.7 Å². The number of rotatable bonds is 6. The summed E-state index contributed by atoms with van der Waals surface area (Å²) in [6.45, 7) is 11.8. The fraction of sp³-hybridized carbons (Fsp3) is 0.500. The lowest BCUT2D eigenvalue weighted by Crippen LogP contribution is -2.45. The molecule has 3 rings (SSSR count). The van der Waals surface area contributed by atoms with Crippen LogP contribution in [0.1, 0.15) is 36.1 Å². The summed E-state index contributed by atoms with van der Waals surface area (Å²) >= 11 is 0. The zero-order valence-electron chi connectivity index (χ0n) is 19.3. The number of halogens is 1. The van der Waals surface area contributed by atoms with Crippen LogP contribution >= 0.6 is 24.0 Å². The molecule has 2 heterocycles. The van der Waals surface area contributed by atoms with Gasteiger partial charge in [0, 0.05) is 39.4 Å². The van der Waals surface area contributed by atoms with Crippen molar-refractivity contribution in [3.05, 3.63) is 58.8 Å². The molecule has 2 aromatic rings. The lowest BCUT2D eigenvalue weighted by molar-refractivity contribution is -0.00545. The molecule has 0 saturated carbocycles. The number of nitrogens with zero attached hydrogens (tertiary/aromatic N) is 3. The molecule has 0 amide bonds. The van der Waals surface area contributed by atoms with E-state index in [2.05, 4.69) is 83.5 Å². The summed E-state index contributed by atoms with van der Waals surface area (Å²) in [5.74, 6) is 1.82. The van der Waals surface area contributed by atoms with E-state index in [-0.39, 0.29) is 36.2 Å². The van der Waals surface area contributed by atoms with Gasteiger partial charge in [-0.1, -0.05) is 35.4 Å². The van der Waals surface area contributed by atoms with Gasteiger partial charge in [-0.05, 0) is 51.3 Å². The zero-order chi connectivity index (χ0) is 21.5. The number of benzene rings is 1. The predicted molar refractivity (Wildman–Crippen MR) is 140 cm³/mol. The van der Waals surface area contributed by atoms with Crippen LogP contribution in [0.5, 0.6) is 0 Å². The monoisotopic (exact) mass is 537 g/mol.